The van der Waals surface area contributed by atoms with Crippen LogP contribution in [-0.4, -0.2) is 16.1 Å². The SMILES string of the molecule is Cc1ccc(CC(=O)Nc2nnc(SCc3ccc(C#N)cc3)s2)cc1C. The van der Waals surface area contributed by atoms with Crippen LogP contribution in [0.25, 0.3) is 0 Å². The zero-order valence-corrected chi connectivity index (χ0v) is 16.7. The van der Waals surface area contributed by atoms with Crippen molar-refractivity contribution in [2.75, 3.05) is 5.32 Å². The molecule has 3 aromatic rings. The minimum atomic E-state index is -0.0990. The number of anilines is 1. The van der Waals surface area contributed by atoms with E-state index in [4.69, 9.17) is 5.26 Å². The van der Waals surface area contributed by atoms with Gasteiger partial charge in [-0.1, -0.05) is 53.4 Å². The van der Waals surface area contributed by atoms with Crippen molar-refractivity contribution in [1.82, 2.24) is 10.2 Å². The van der Waals surface area contributed by atoms with Crippen molar-refractivity contribution < 1.29 is 4.79 Å². The highest BCUT2D eigenvalue weighted by molar-refractivity contribution is 8.00. The molecule has 1 N–H and O–H groups in total. The van der Waals surface area contributed by atoms with Crippen LogP contribution in [0.5, 0.6) is 0 Å². The van der Waals surface area contributed by atoms with Gasteiger partial charge < -0.3 is 5.32 Å². The number of nitrogens with zero attached hydrogens (tertiary/aromatic N) is 3. The molecule has 0 aliphatic carbocycles. The number of nitrogens with one attached hydrogen (secondary N) is 1. The first-order chi connectivity index (χ1) is 13.0. The van der Waals surface area contributed by atoms with Crippen molar-refractivity contribution >= 4 is 34.1 Å². The monoisotopic (exact) mass is 394 g/mol. The second-order valence-corrected chi connectivity index (χ2v) is 8.31. The van der Waals surface area contributed by atoms with Crippen LogP contribution in [0.1, 0.15) is 27.8 Å². The summed E-state index contributed by atoms with van der Waals surface area (Å²) in [6.45, 7) is 4.09. The molecule has 0 atom stereocenters. The molecule has 0 aliphatic heterocycles. The van der Waals surface area contributed by atoms with E-state index in [2.05, 4.69) is 28.5 Å². The van der Waals surface area contributed by atoms with E-state index in [1.54, 1.807) is 23.9 Å². The van der Waals surface area contributed by atoms with Crippen LogP contribution in [-0.2, 0) is 17.0 Å². The number of rotatable bonds is 6. The molecule has 2 aromatic carbocycles. The van der Waals surface area contributed by atoms with Crippen molar-refractivity contribution in [3.63, 3.8) is 0 Å². The fourth-order valence-electron chi connectivity index (χ4n) is 2.40. The third-order valence-corrected chi connectivity index (χ3v) is 6.08. The molecule has 0 aliphatic rings. The Morgan fingerprint density at radius 2 is 1.85 bits per heavy atom. The number of hydrogen-bond donors (Lipinski definition) is 1. The molecule has 1 heterocycles. The maximum atomic E-state index is 12.2. The van der Waals surface area contributed by atoms with Crippen molar-refractivity contribution in [2.24, 2.45) is 0 Å². The van der Waals surface area contributed by atoms with Crippen LogP contribution in [0.2, 0.25) is 0 Å². The molecule has 0 unspecified atom stereocenters. The minimum Gasteiger partial charge on any atom is -0.300 e. The summed E-state index contributed by atoms with van der Waals surface area (Å²) in [7, 11) is 0. The lowest BCUT2D eigenvalue weighted by Gasteiger charge is -2.05. The van der Waals surface area contributed by atoms with E-state index in [1.807, 2.05) is 37.3 Å². The largest absolute Gasteiger partial charge is 0.300 e. The Kier molecular flexibility index (Phi) is 6.22. The smallest absolute Gasteiger partial charge is 0.230 e. The van der Waals surface area contributed by atoms with Gasteiger partial charge in [-0.3, -0.25) is 4.79 Å². The highest BCUT2D eigenvalue weighted by Gasteiger charge is 2.10. The Bertz CT molecular complexity index is 990. The molecule has 0 saturated heterocycles. The molecular formula is C20H18N4OS2. The summed E-state index contributed by atoms with van der Waals surface area (Å²) in [6.07, 6.45) is 0.314. The van der Waals surface area contributed by atoms with Gasteiger partial charge in [0.2, 0.25) is 11.0 Å². The summed E-state index contributed by atoms with van der Waals surface area (Å²) in [5.74, 6) is 0.634. The minimum absolute atomic E-state index is 0.0990. The second kappa shape index (κ2) is 8.80. The molecule has 1 aromatic heterocycles. The third-order valence-electron chi connectivity index (χ3n) is 4.03. The zero-order chi connectivity index (χ0) is 19.2. The molecule has 0 spiro atoms. The van der Waals surface area contributed by atoms with E-state index in [-0.39, 0.29) is 5.91 Å². The van der Waals surface area contributed by atoms with Crippen LogP contribution >= 0.6 is 23.1 Å². The van der Waals surface area contributed by atoms with E-state index < -0.39 is 0 Å². The van der Waals surface area contributed by atoms with Crippen LogP contribution in [0, 0.1) is 25.2 Å². The predicted octanol–water partition coefficient (Wildman–Crippen LogP) is 4.50. The van der Waals surface area contributed by atoms with Crippen molar-refractivity contribution in [1.29, 1.82) is 5.26 Å². The Morgan fingerprint density at radius 1 is 1.11 bits per heavy atom. The van der Waals surface area contributed by atoms with Crippen LogP contribution < -0.4 is 5.32 Å². The number of carbonyl (C=O) groups excluding carboxylic acids is 1. The van der Waals surface area contributed by atoms with Crippen molar-refractivity contribution in [2.45, 2.75) is 30.4 Å². The average molecular weight is 395 g/mol. The summed E-state index contributed by atoms with van der Waals surface area (Å²) < 4.78 is 0.792. The second-order valence-electron chi connectivity index (χ2n) is 6.11. The molecule has 27 heavy (non-hydrogen) atoms. The highest BCUT2D eigenvalue weighted by Crippen LogP contribution is 2.28. The molecule has 7 heteroatoms. The molecule has 0 fully saturated rings. The number of aryl methyl sites for hydroxylation is 2. The normalized spacial score (nSPS) is 10.4. The molecule has 0 saturated carbocycles. The number of nitriles is 1. The number of carbonyl (C=O) groups is 1. The average Bonchev–Trinajstić information content (AvgIpc) is 3.10. The summed E-state index contributed by atoms with van der Waals surface area (Å²) >= 11 is 2.91. The Labute approximate surface area is 166 Å². The van der Waals surface area contributed by atoms with Gasteiger partial charge in [-0.2, -0.15) is 5.26 Å². The van der Waals surface area contributed by atoms with Crippen LogP contribution in [0.3, 0.4) is 0 Å². The maximum Gasteiger partial charge on any atom is 0.230 e. The van der Waals surface area contributed by atoms with Gasteiger partial charge >= 0.3 is 0 Å². The van der Waals surface area contributed by atoms with Gasteiger partial charge in [0.25, 0.3) is 0 Å². The molecule has 3 rings (SSSR count). The van der Waals surface area contributed by atoms with Gasteiger partial charge in [0, 0.05) is 5.75 Å². The first-order valence-corrected chi connectivity index (χ1v) is 10.1. The molecule has 5 nitrogen and oxygen atoms in total. The van der Waals surface area contributed by atoms with E-state index in [9.17, 15) is 4.79 Å². The highest BCUT2D eigenvalue weighted by atomic mass is 32.2. The Morgan fingerprint density at radius 3 is 2.56 bits per heavy atom. The first-order valence-electron chi connectivity index (χ1n) is 8.35. The molecule has 0 bridgehead atoms. The number of thioether (sulfide) groups is 1. The number of aromatic nitrogens is 2. The van der Waals surface area contributed by atoms with E-state index >= 15 is 0 Å². The van der Waals surface area contributed by atoms with Gasteiger partial charge in [-0.15, -0.1) is 10.2 Å². The number of amides is 1. The third kappa shape index (κ3) is 5.39. The lowest BCUT2D eigenvalue weighted by molar-refractivity contribution is -0.115. The van der Waals surface area contributed by atoms with Gasteiger partial charge in [-0.05, 0) is 48.2 Å². The lowest BCUT2D eigenvalue weighted by Crippen LogP contribution is -2.14. The van der Waals surface area contributed by atoms with E-state index in [1.165, 1.54) is 22.5 Å². The summed E-state index contributed by atoms with van der Waals surface area (Å²) in [5, 5.41) is 20.3. The first kappa shape index (κ1) is 19.1. The summed E-state index contributed by atoms with van der Waals surface area (Å²) in [6, 6.07) is 15.6. The van der Waals surface area contributed by atoms with Crippen LogP contribution in [0.15, 0.2) is 46.8 Å². The van der Waals surface area contributed by atoms with Gasteiger partial charge in [0.05, 0.1) is 18.1 Å². The fourth-order valence-corrected chi connectivity index (χ4v) is 4.13. The summed E-state index contributed by atoms with van der Waals surface area (Å²) in [4.78, 5) is 12.2. The van der Waals surface area contributed by atoms with Crippen LogP contribution in [0.4, 0.5) is 5.13 Å². The lowest BCUT2D eigenvalue weighted by atomic mass is 10.0. The number of benzene rings is 2. The standard InChI is InChI=1S/C20H18N4OS2/c1-13-3-4-17(9-14(13)2)10-18(25)22-19-23-24-20(27-19)26-12-16-7-5-15(11-21)6-8-16/h3-9H,10,12H2,1-2H3,(H,22,23,25). The Hall–Kier alpha value is -2.69. The zero-order valence-electron chi connectivity index (χ0n) is 15.0. The predicted molar refractivity (Wildman–Crippen MR) is 109 cm³/mol. The molecular weight excluding hydrogens is 376 g/mol. The van der Waals surface area contributed by atoms with Gasteiger partial charge in [0.1, 0.15) is 0 Å². The number of hydrogen-bond acceptors (Lipinski definition) is 6. The topological polar surface area (TPSA) is 78.7 Å². The molecule has 136 valence electrons. The van der Waals surface area contributed by atoms with Gasteiger partial charge in [0.15, 0.2) is 4.34 Å². The van der Waals surface area contributed by atoms with Crippen molar-refractivity contribution in [3.05, 3.63) is 70.3 Å². The quantitative estimate of drug-likeness (QED) is 0.492. The summed E-state index contributed by atoms with van der Waals surface area (Å²) in [5.41, 5.74) is 5.13. The van der Waals surface area contributed by atoms with E-state index in [0.29, 0.717) is 17.1 Å². The molecule has 1 amide bonds. The van der Waals surface area contributed by atoms with E-state index in [0.717, 1.165) is 21.2 Å². The maximum absolute atomic E-state index is 12.2. The van der Waals surface area contributed by atoms with Crippen molar-refractivity contribution in [3.8, 4) is 6.07 Å². The van der Waals surface area contributed by atoms with Gasteiger partial charge in [-0.25, -0.2) is 0 Å². The fraction of sp³-hybridized carbons (Fsp3) is 0.200. The molecule has 0 radical (unpaired) electrons. The Balaban J connectivity index is 1.53.